The summed E-state index contributed by atoms with van der Waals surface area (Å²) < 4.78 is 0. The number of halogens is 1. The van der Waals surface area contributed by atoms with Gasteiger partial charge in [-0.3, -0.25) is 0 Å². The van der Waals surface area contributed by atoms with Crippen LogP contribution in [0.4, 0.5) is 11.4 Å². The number of hydrogen-bond acceptors (Lipinski definition) is 4. The normalized spacial score (nSPS) is 19.6. The van der Waals surface area contributed by atoms with Crippen molar-refractivity contribution in [1.82, 2.24) is 9.80 Å². The molecule has 0 saturated carbocycles. The SMILES string of the molecule is CN1CCc2cc(Cl)c(N)cc2[C@@H](c2ccccc2)C1.CN1CCc2ccc(N)cc2[C@@H](c2ccccc2)C1. The fourth-order valence-electron chi connectivity index (χ4n) is 5.92. The Labute approximate surface area is 238 Å². The van der Waals surface area contributed by atoms with Crippen LogP contribution in [0.25, 0.3) is 0 Å². The summed E-state index contributed by atoms with van der Waals surface area (Å²) >= 11 is 6.19. The highest BCUT2D eigenvalue weighted by Gasteiger charge is 2.24. The minimum absolute atomic E-state index is 0.360. The van der Waals surface area contributed by atoms with E-state index in [1.807, 2.05) is 12.1 Å². The van der Waals surface area contributed by atoms with Gasteiger partial charge in [0.25, 0.3) is 0 Å². The Hall–Kier alpha value is -3.31. The number of nitrogen functional groups attached to an aromatic ring is 2. The van der Waals surface area contributed by atoms with Crippen molar-refractivity contribution in [2.75, 3.05) is 51.7 Å². The summed E-state index contributed by atoms with van der Waals surface area (Å²) in [7, 11) is 4.37. The molecule has 202 valence electrons. The van der Waals surface area contributed by atoms with E-state index < -0.39 is 0 Å². The number of benzene rings is 4. The van der Waals surface area contributed by atoms with E-state index in [0.717, 1.165) is 44.7 Å². The van der Waals surface area contributed by atoms with Crippen LogP contribution < -0.4 is 11.5 Å². The molecule has 0 unspecified atom stereocenters. The summed E-state index contributed by atoms with van der Waals surface area (Å²) in [5.74, 6) is 0.783. The van der Waals surface area contributed by atoms with Crippen LogP contribution in [0, 0.1) is 0 Å². The van der Waals surface area contributed by atoms with Crippen LogP contribution >= 0.6 is 11.6 Å². The Kier molecular flexibility index (Phi) is 8.56. The monoisotopic (exact) mass is 538 g/mol. The molecule has 4 nitrogen and oxygen atoms in total. The van der Waals surface area contributed by atoms with Crippen molar-refractivity contribution in [3.8, 4) is 0 Å². The molecule has 0 amide bonds. The van der Waals surface area contributed by atoms with Gasteiger partial charge in [-0.2, -0.15) is 0 Å². The summed E-state index contributed by atoms with van der Waals surface area (Å²) in [6, 6.07) is 31.9. The van der Waals surface area contributed by atoms with Gasteiger partial charge in [-0.1, -0.05) is 78.3 Å². The number of nitrogens with two attached hydrogens (primary N) is 2. The van der Waals surface area contributed by atoms with E-state index in [1.54, 1.807) is 0 Å². The molecule has 2 atom stereocenters. The highest BCUT2D eigenvalue weighted by atomic mass is 35.5. The Morgan fingerprint density at radius 3 is 1.72 bits per heavy atom. The number of nitrogens with zero attached hydrogens (tertiary/aromatic N) is 2. The third-order valence-corrected chi connectivity index (χ3v) is 8.42. The van der Waals surface area contributed by atoms with Gasteiger partial charge in [0, 0.05) is 43.7 Å². The van der Waals surface area contributed by atoms with Crippen molar-refractivity contribution in [3.63, 3.8) is 0 Å². The van der Waals surface area contributed by atoms with Crippen LogP contribution in [-0.4, -0.2) is 50.1 Å². The maximum absolute atomic E-state index is 6.19. The molecule has 6 rings (SSSR count). The third-order valence-electron chi connectivity index (χ3n) is 8.10. The Morgan fingerprint density at radius 2 is 1.15 bits per heavy atom. The summed E-state index contributed by atoms with van der Waals surface area (Å²) in [4.78, 5) is 4.79. The molecule has 0 aliphatic carbocycles. The van der Waals surface area contributed by atoms with Crippen LogP contribution in [0.3, 0.4) is 0 Å². The first-order valence-electron chi connectivity index (χ1n) is 13.8. The molecule has 2 aliphatic rings. The molecule has 39 heavy (non-hydrogen) atoms. The first-order valence-corrected chi connectivity index (χ1v) is 14.2. The van der Waals surface area contributed by atoms with E-state index in [-0.39, 0.29) is 0 Å². The molecule has 5 heteroatoms. The van der Waals surface area contributed by atoms with Gasteiger partial charge in [0.05, 0.1) is 10.7 Å². The molecular weight excluding hydrogens is 500 g/mol. The first kappa shape index (κ1) is 27.3. The minimum Gasteiger partial charge on any atom is -0.399 e. The molecule has 0 bridgehead atoms. The second kappa shape index (κ2) is 12.3. The van der Waals surface area contributed by atoms with E-state index in [0.29, 0.717) is 22.5 Å². The maximum atomic E-state index is 6.19. The van der Waals surface area contributed by atoms with Gasteiger partial charge in [0.2, 0.25) is 0 Å². The van der Waals surface area contributed by atoms with Crippen LogP contribution in [-0.2, 0) is 12.8 Å². The Bertz CT molecular complexity index is 1390. The molecule has 4 aromatic carbocycles. The van der Waals surface area contributed by atoms with Gasteiger partial charge in [-0.15, -0.1) is 0 Å². The van der Waals surface area contributed by atoms with E-state index >= 15 is 0 Å². The smallest absolute Gasteiger partial charge is 0.0638 e. The second-order valence-corrected chi connectivity index (χ2v) is 11.4. The zero-order valence-electron chi connectivity index (χ0n) is 23.0. The molecule has 0 radical (unpaired) electrons. The zero-order valence-corrected chi connectivity index (χ0v) is 23.7. The number of anilines is 2. The van der Waals surface area contributed by atoms with Gasteiger partial charge in [-0.25, -0.2) is 0 Å². The molecule has 0 aromatic heterocycles. The van der Waals surface area contributed by atoms with Crippen molar-refractivity contribution in [2.24, 2.45) is 0 Å². The lowest BCUT2D eigenvalue weighted by atomic mass is 9.88. The third kappa shape index (κ3) is 6.47. The molecule has 2 heterocycles. The van der Waals surface area contributed by atoms with Gasteiger partial charge in [0.15, 0.2) is 0 Å². The highest BCUT2D eigenvalue weighted by molar-refractivity contribution is 6.33. The summed E-state index contributed by atoms with van der Waals surface area (Å²) in [6.45, 7) is 4.23. The summed E-state index contributed by atoms with van der Waals surface area (Å²) in [6.07, 6.45) is 2.13. The molecule has 4 N–H and O–H groups in total. The van der Waals surface area contributed by atoms with Crippen LogP contribution in [0.5, 0.6) is 0 Å². The van der Waals surface area contributed by atoms with Gasteiger partial charge in [-0.05, 0) is 84.6 Å². The maximum Gasteiger partial charge on any atom is 0.0638 e. The number of likely N-dealkylation sites (N-methyl/N-ethyl adjacent to an activating group) is 2. The van der Waals surface area contributed by atoms with E-state index in [4.69, 9.17) is 23.1 Å². The Balaban J connectivity index is 0.000000158. The predicted octanol–water partition coefficient (Wildman–Crippen LogP) is 6.43. The first-order chi connectivity index (χ1) is 18.9. The topological polar surface area (TPSA) is 58.5 Å². The van der Waals surface area contributed by atoms with Crippen molar-refractivity contribution >= 4 is 23.0 Å². The predicted molar refractivity (Wildman–Crippen MR) is 166 cm³/mol. The van der Waals surface area contributed by atoms with Crippen LogP contribution in [0.2, 0.25) is 5.02 Å². The van der Waals surface area contributed by atoms with Crippen LogP contribution in [0.15, 0.2) is 91.0 Å². The Morgan fingerprint density at radius 1 is 0.641 bits per heavy atom. The van der Waals surface area contributed by atoms with Crippen molar-refractivity contribution in [1.29, 1.82) is 0 Å². The fraction of sp³-hybridized carbons (Fsp3) is 0.294. The van der Waals surface area contributed by atoms with Gasteiger partial charge >= 0.3 is 0 Å². The number of rotatable bonds is 2. The summed E-state index contributed by atoms with van der Waals surface area (Å²) in [5, 5.41) is 0.667. The molecule has 2 aliphatic heterocycles. The molecule has 0 saturated heterocycles. The van der Waals surface area contributed by atoms with Crippen molar-refractivity contribution in [2.45, 2.75) is 24.7 Å². The lowest BCUT2D eigenvalue weighted by Crippen LogP contribution is -2.24. The van der Waals surface area contributed by atoms with Gasteiger partial charge < -0.3 is 21.3 Å². The highest BCUT2D eigenvalue weighted by Crippen LogP contribution is 2.35. The minimum atomic E-state index is 0.360. The fourth-order valence-corrected chi connectivity index (χ4v) is 6.11. The molecular formula is C34H39ClN4. The average molecular weight is 539 g/mol. The molecule has 0 fully saturated rings. The average Bonchev–Trinajstić information content (AvgIpc) is 3.21. The second-order valence-electron chi connectivity index (χ2n) is 11.0. The zero-order chi connectivity index (χ0) is 27.4. The van der Waals surface area contributed by atoms with E-state index in [1.165, 1.54) is 33.4 Å². The van der Waals surface area contributed by atoms with E-state index in [9.17, 15) is 0 Å². The standard InChI is InChI=1S/C17H19ClN2.C17H20N2/c1-20-8-7-13-9-16(18)17(19)10-14(13)15(11-20)12-5-3-2-4-6-12;1-19-10-9-14-7-8-15(18)11-16(14)17(12-19)13-5-3-2-4-6-13/h2-6,9-10,15H,7-8,11,19H2,1H3;2-8,11,17H,9-10,12,18H2,1H3/t15-;17-/m11/s1. The molecule has 0 spiro atoms. The number of hydrogen-bond donors (Lipinski definition) is 2. The lowest BCUT2D eigenvalue weighted by molar-refractivity contribution is 0.338. The van der Waals surface area contributed by atoms with Crippen molar-refractivity contribution < 1.29 is 0 Å². The van der Waals surface area contributed by atoms with Gasteiger partial charge in [0.1, 0.15) is 0 Å². The van der Waals surface area contributed by atoms with Crippen molar-refractivity contribution in [3.05, 3.63) is 129 Å². The molecule has 4 aromatic rings. The quantitative estimate of drug-likeness (QED) is 0.289. The van der Waals surface area contributed by atoms with E-state index in [2.05, 4.69) is 103 Å². The summed E-state index contributed by atoms with van der Waals surface area (Å²) in [5.41, 5.74) is 21.8. The number of fused-ring (bicyclic) bond motifs is 2. The van der Waals surface area contributed by atoms with Crippen LogP contribution in [0.1, 0.15) is 45.2 Å². The largest absolute Gasteiger partial charge is 0.399 e. The lowest BCUT2D eigenvalue weighted by Gasteiger charge is -2.22.